The molecule has 0 amide bonds. The average Bonchev–Trinajstić information content (AvgIpc) is 3.47. The molecule has 0 aliphatic heterocycles. The molecular weight excluding hydrogens is 1360 g/mol. The summed E-state index contributed by atoms with van der Waals surface area (Å²) in [4.78, 5) is 68.2. The molecule has 5 rings (SSSR count). The number of aliphatic carboxylic acids is 6. The normalized spacial score (nSPS) is 10.8. The van der Waals surface area contributed by atoms with Gasteiger partial charge in [0.1, 0.15) is 0 Å². The average molecular weight is 1460 g/mol. The maximum Gasteiger partial charge on any atom is 3.00 e. The van der Waals surface area contributed by atoms with Gasteiger partial charge in [-0.25, -0.2) is 12.8 Å². The Hall–Kier alpha value is -2.34. The Morgan fingerprint density at radius 3 is 0.798 bits per heavy atom. The van der Waals surface area contributed by atoms with E-state index in [1.807, 2.05) is 54.6 Å². The second kappa shape index (κ2) is 94.3. The third kappa shape index (κ3) is 102. The van der Waals surface area contributed by atoms with Crippen molar-refractivity contribution in [2.45, 2.75) is 165 Å². The Bertz CT molecular complexity index is 1580. The van der Waals surface area contributed by atoms with E-state index in [-0.39, 0.29) is 145 Å². The number of aromatic nitrogens is 3. The first kappa shape index (κ1) is 113. The van der Waals surface area contributed by atoms with Gasteiger partial charge in [-0.05, 0) is 87.8 Å². The predicted octanol–water partition coefficient (Wildman–Crippen LogP) is 14.8. The molecule has 0 aromatic carbocycles. The van der Waals surface area contributed by atoms with Crippen LogP contribution in [0.25, 0.3) is 11.4 Å². The van der Waals surface area contributed by atoms with Crippen LogP contribution in [0, 0.1) is 96.9 Å². The topological polar surface area (TPSA) is 262 Å². The molecule has 3 aromatic heterocycles. The van der Waals surface area contributed by atoms with Gasteiger partial charge < -0.3 is 134 Å². The molecule has 0 atom stereocenters. The van der Waals surface area contributed by atoms with Crippen molar-refractivity contribution in [1.29, 1.82) is 0 Å². The van der Waals surface area contributed by atoms with Crippen LogP contribution in [0.1, 0.15) is 153 Å². The molecule has 2 aliphatic rings. The van der Waals surface area contributed by atoms with Gasteiger partial charge in [-0.2, -0.15) is 12.8 Å². The first-order chi connectivity index (χ1) is 37.2. The first-order valence-electron chi connectivity index (χ1n) is 26.2. The van der Waals surface area contributed by atoms with Crippen molar-refractivity contribution in [3.05, 3.63) is 176 Å². The van der Waals surface area contributed by atoms with E-state index < -0.39 is 35.8 Å². The summed E-state index contributed by atoms with van der Waals surface area (Å²) in [5, 5.41) is 46.0. The van der Waals surface area contributed by atoms with Crippen molar-refractivity contribution in [2.75, 3.05) is 6.16 Å². The number of pyridine rings is 3. The molecule has 0 spiro atoms. The van der Waals surface area contributed by atoms with E-state index in [9.17, 15) is 28.8 Å². The number of hydrogen-bond acceptors (Lipinski definition) is 9. The summed E-state index contributed by atoms with van der Waals surface area (Å²) in [6.45, 7) is 47.5. The minimum absolute atomic E-state index is 0. The van der Waals surface area contributed by atoms with E-state index in [1.165, 1.54) is 68.8 Å². The molecule has 15 nitrogen and oxygen atoms in total. The smallest absolute Gasteiger partial charge is 0.483 e. The van der Waals surface area contributed by atoms with E-state index in [0.29, 0.717) is 0 Å². The summed E-state index contributed by atoms with van der Waals surface area (Å²) >= 11 is 0. The van der Waals surface area contributed by atoms with Gasteiger partial charge in [0, 0.05) is 54.9 Å². The van der Waals surface area contributed by atoms with Gasteiger partial charge in [-0.1, -0.05) is 69.6 Å². The quantitative estimate of drug-likeness (QED) is 0.0469. The fourth-order valence-corrected chi connectivity index (χ4v) is 9.83. The fourth-order valence-electron chi connectivity index (χ4n) is 5.64. The zero-order valence-corrected chi connectivity index (χ0v) is 56.0. The van der Waals surface area contributed by atoms with Crippen molar-refractivity contribution in [3.8, 4) is 11.4 Å². The maximum absolute atomic E-state index is 9.31. The predicted molar refractivity (Wildman–Crippen MR) is 323 cm³/mol. The molecule has 0 saturated heterocycles. The number of carbonyl (C=O) groups is 6. The van der Waals surface area contributed by atoms with Crippen LogP contribution in [0.3, 0.4) is 0 Å². The zero-order chi connectivity index (χ0) is 61.2. The largest absolute Gasteiger partial charge is 3.00 e. The summed E-state index contributed by atoms with van der Waals surface area (Å²) in [5.41, 5.74) is 5.22. The van der Waals surface area contributed by atoms with Crippen molar-refractivity contribution >= 4 is 43.7 Å². The van der Waals surface area contributed by atoms with Gasteiger partial charge in [-0.3, -0.25) is 43.7 Å². The van der Waals surface area contributed by atoms with Crippen LogP contribution >= 0.6 is 7.92 Å². The van der Waals surface area contributed by atoms with Crippen molar-refractivity contribution < 1.29 is 158 Å². The Labute approximate surface area is 571 Å². The minimum atomic E-state index is -0.856. The molecule has 22 heteroatoms. The third-order valence-corrected chi connectivity index (χ3v) is 13.5. The van der Waals surface area contributed by atoms with E-state index >= 15 is 0 Å². The van der Waals surface area contributed by atoms with Crippen molar-refractivity contribution in [3.63, 3.8) is 0 Å². The number of carboxylic acids is 6. The third-order valence-electron chi connectivity index (χ3n) is 9.33. The first-order valence-corrected chi connectivity index (χ1v) is 28.0. The zero-order valence-electron chi connectivity index (χ0n) is 49.0. The van der Waals surface area contributed by atoms with E-state index in [4.69, 9.17) is 30.6 Å². The number of hydrogen-bond donors (Lipinski definition) is 6. The Morgan fingerprint density at radius 1 is 0.405 bits per heavy atom. The van der Waals surface area contributed by atoms with Gasteiger partial charge in [0.25, 0.3) is 35.8 Å². The summed E-state index contributed by atoms with van der Waals surface area (Å²) in [6.07, 6.45) is 30.0. The molecule has 2 fully saturated rings. The summed E-state index contributed by atoms with van der Waals surface area (Å²) < 4.78 is 0. The van der Waals surface area contributed by atoms with Gasteiger partial charge in [-0.15, -0.1) is 19.3 Å². The van der Waals surface area contributed by atoms with Gasteiger partial charge in [0.15, 0.2) is 0 Å². The van der Waals surface area contributed by atoms with Gasteiger partial charge >= 0.3 is 82.5 Å². The van der Waals surface area contributed by atoms with Crippen LogP contribution in [0.15, 0.2) is 73.2 Å². The molecule has 84 heavy (non-hydrogen) atoms. The molecule has 6 N–H and O–H groups in total. The van der Waals surface area contributed by atoms with E-state index in [0.717, 1.165) is 55.6 Å². The van der Waals surface area contributed by atoms with Crippen LogP contribution in [-0.2, 0) is 134 Å². The molecule has 499 valence electrons. The van der Waals surface area contributed by atoms with Crippen molar-refractivity contribution in [1.82, 2.24) is 15.0 Å². The fraction of sp³-hybridized carbons (Fsp3) is 0.435. The monoisotopic (exact) mass is 1460 g/mol. The van der Waals surface area contributed by atoms with Gasteiger partial charge in [0.2, 0.25) is 0 Å². The Balaban J connectivity index is -0.0000000615. The van der Waals surface area contributed by atoms with Crippen molar-refractivity contribution in [2.24, 2.45) is 0 Å². The summed E-state index contributed by atoms with van der Waals surface area (Å²) in [7, 11) is -0.0593. The standard InChI is InChI=1S/C15H28P.C10H8N2.C7H8N.C5H10.C4H8.6C3H5O2.C3H6.6Ni/c1-2-13-16(14-9-5-3-6-10-14)15-11-7-4-8-12-15;1-3-7-11-9(5-1)10-6-2-4-8-12-10;1-2-7-5-3-4-6-8-7;1-3-5-4-2;1-3-4-2;6*1-2-3(4)5;1-3-2;;;;;;/h14-15H,1-13H2;1-8H;3-6H,1-2H2;1-5H2;1-4H2;6*1-2H2,(H,4,5);1-3H2;;;;;;/q-1;;-1;2*-2;6*-1;-2;;2*+2;3*+3/p+1. The Kier molecular flexibility index (Phi) is 127. The Morgan fingerprint density at radius 2 is 0.655 bits per heavy atom. The van der Waals surface area contributed by atoms with Crippen LogP contribution < -0.4 is 0 Å². The van der Waals surface area contributed by atoms with Gasteiger partial charge in [0.05, 0.1) is 22.7 Å². The van der Waals surface area contributed by atoms with Crippen LogP contribution in [-0.4, -0.2) is 98.9 Å². The molecular formula is C62H99N3Ni6O12P. The molecule has 3 radical (unpaired) electrons. The molecule has 3 heterocycles. The molecule has 0 unspecified atom stereocenters. The van der Waals surface area contributed by atoms with E-state index in [2.05, 4.69) is 112 Å². The number of nitrogens with zero attached hydrogens (tertiary/aromatic N) is 3. The SMILES string of the molecule is [CH2-]CC(=O)O.[CH2-]CC(=O)O.[CH2-]CC(=O)O.[CH2-]CC(=O)O.[CH2-]CC(=O)O.[CH2-]CC(=O)O.[CH2-]CCC[CH2-].[CH2-]CC[CH2-].[CH2-]CC[PH+](C1CCCCC1)C1CCCCC1.[CH2-]C[CH2-].[CH2-]Cc1ccccn1.[Ni+2].[Ni+2].[Ni+3].[Ni+3].[Ni+3].[Ni].c1ccc(-c2ccccn2)nc1. The number of rotatable bonds is 15. The molecule has 0 bridgehead atoms. The second-order valence-corrected chi connectivity index (χ2v) is 19.1. The summed E-state index contributed by atoms with van der Waals surface area (Å²) in [5.74, 6) is -5.14. The van der Waals surface area contributed by atoms with Crippen LogP contribution in [0.5, 0.6) is 0 Å². The van der Waals surface area contributed by atoms with E-state index in [1.54, 1.807) is 44.3 Å². The van der Waals surface area contributed by atoms with Crippen LogP contribution in [0.4, 0.5) is 0 Å². The maximum atomic E-state index is 9.31. The second-order valence-electron chi connectivity index (χ2n) is 15.8. The number of unbranched alkanes of at least 4 members (excludes halogenated alkanes) is 3. The minimum Gasteiger partial charge on any atom is -0.483 e. The van der Waals surface area contributed by atoms with Crippen LogP contribution in [0.2, 0.25) is 0 Å². The number of carboxylic acid groups (broad SMARTS) is 6. The molecule has 2 aliphatic carbocycles. The molecule has 3 aromatic rings. The molecule has 2 saturated carbocycles. The summed E-state index contributed by atoms with van der Waals surface area (Å²) in [6, 6.07) is 17.4.